The topological polar surface area (TPSA) is 86.0 Å². The number of nitrogens with two attached hydrogens (primary N) is 1. The second-order valence-corrected chi connectivity index (χ2v) is 9.21. The summed E-state index contributed by atoms with van der Waals surface area (Å²) in [5.41, 5.74) is 10.5. The largest absolute Gasteiger partial charge is 0.489 e. The summed E-state index contributed by atoms with van der Waals surface area (Å²) in [7, 11) is 0. The minimum Gasteiger partial charge on any atom is -0.489 e. The van der Waals surface area contributed by atoms with Crippen molar-refractivity contribution in [1.29, 1.82) is 0 Å². The van der Waals surface area contributed by atoms with Gasteiger partial charge < -0.3 is 15.8 Å². The number of thiazole rings is 1. The number of hydrogen-bond donors (Lipinski definition) is 2. The van der Waals surface area contributed by atoms with E-state index in [0.29, 0.717) is 13.2 Å². The first kappa shape index (κ1) is 21.5. The maximum absolute atomic E-state index is 5.91. The highest BCUT2D eigenvalue weighted by Crippen LogP contribution is 2.29. The molecular formula is C25H20BrN5OS. The number of rotatable bonds is 7. The number of fused-ring (bicyclic) bond motifs is 1. The molecule has 0 saturated carbocycles. The smallest absolute Gasteiger partial charge is 0.141 e. The Morgan fingerprint density at radius 2 is 1.88 bits per heavy atom. The highest BCUT2D eigenvalue weighted by atomic mass is 79.9. The van der Waals surface area contributed by atoms with Crippen LogP contribution in [0, 0.1) is 0 Å². The van der Waals surface area contributed by atoms with Crippen LogP contribution in [0.5, 0.6) is 5.75 Å². The third-order valence-electron chi connectivity index (χ3n) is 5.07. The summed E-state index contributed by atoms with van der Waals surface area (Å²) < 4.78 is 6.95. The summed E-state index contributed by atoms with van der Waals surface area (Å²) in [6, 6.07) is 22.0. The molecule has 33 heavy (non-hydrogen) atoms. The summed E-state index contributed by atoms with van der Waals surface area (Å²) in [4.78, 5) is 13.5. The first-order valence-electron chi connectivity index (χ1n) is 10.3. The summed E-state index contributed by atoms with van der Waals surface area (Å²) >= 11 is 5.05. The first-order valence-corrected chi connectivity index (χ1v) is 12.0. The van der Waals surface area contributed by atoms with Gasteiger partial charge in [0.2, 0.25) is 0 Å². The Hall–Kier alpha value is -3.33. The number of benzene rings is 3. The molecule has 6 nitrogen and oxygen atoms in total. The lowest BCUT2D eigenvalue weighted by molar-refractivity contribution is 0.306. The van der Waals surface area contributed by atoms with Crippen LogP contribution in [0.3, 0.4) is 0 Å². The van der Waals surface area contributed by atoms with Gasteiger partial charge in [-0.25, -0.2) is 15.0 Å². The molecule has 0 atom stereocenters. The molecule has 5 aromatic rings. The second-order valence-electron chi connectivity index (χ2n) is 7.35. The Balaban J connectivity index is 1.34. The van der Waals surface area contributed by atoms with E-state index in [1.54, 1.807) is 17.7 Å². The highest BCUT2D eigenvalue weighted by molar-refractivity contribution is 9.10. The molecule has 0 aliphatic heterocycles. The quantitative estimate of drug-likeness (QED) is 0.263. The monoisotopic (exact) mass is 517 g/mol. The van der Waals surface area contributed by atoms with Crippen molar-refractivity contribution in [3.05, 3.63) is 93.5 Å². The zero-order valence-electron chi connectivity index (χ0n) is 17.5. The van der Waals surface area contributed by atoms with E-state index in [-0.39, 0.29) is 0 Å². The van der Waals surface area contributed by atoms with Gasteiger partial charge in [0.25, 0.3) is 0 Å². The molecule has 2 heterocycles. The van der Waals surface area contributed by atoms with E-state index in [9.17, 15) is 0 Å². The molecule has 0 fully saturated rings. The summed E-state index contributed by atoms with van der Waals surface area (Å²) in [6.07, 6.45) is 1.56. The zero-order chi connectivity index (χ0) is 22.6. The van der Waals surface area contributed by atoms with Crippen molar-refractivity contribution in [3.8, 4) is 17.0 Å². The number of hydrogen-bond acceptors (Lipinski definition) is 7. The molecule has 0 radical (unpaired) electrons. The van der Waals surface area contributed by atoms with Gasteiger partial charge in [0.1, 0.15) is 29.5 Å². The molecule has 0 bridgehead atoms. The fraction of sp³-hybridized carbons (Fsp3) is 0.0800. The summed E-state index contributed by atoms with van der Waals surface area (Å²) in [6.45, 7) is 0.949. The number of aromatic nitrogens is 3. The number of ether oxygens (including phenoxy) is 1. The second kappa shape index (κ2) is 9.66. The fourth-order valence-corrected chi connectivity index (χ4v) is 4.55. The van der Waals surface area contributed by atoms with E-state index in [1.807, 2.05) is 66.0 Å². The molecule has 8 heteroatoms. The number of nitrogens with zero attached hydrogens (tertiary/aromatic N) is 3. The van der Waals surface area contributed by atoms with Crippen LogP contribution in [-0.2, 0) is 13.2 Å². The van der Waals surface area contributed by atoms with Crippen LogP contribution >= 0.6 is 27.3 Å². The molecule has 0 aliphatic carbocycles. The maximum Gasteiger partial charge on any atom is 0.141 e. The lowest BCUT2D eigenvalue weighted by atomic mass is 10.1. The zero-order valence-corrected chi connectivity index (χ0v) is 19.9. The fourth-order valence-electron chi connectivity index (χ4n) is 3.42. The van der Waals surface area contributed by atoms with Crippen molar-refractivity contribution in [1.82, 2.24) is 15.0 Å². The van der Waals surface area contributed by atoms with Crippen LogP contribution in [0.2, 0.25) is 0 Å². The Morgan fingerprint density at radius 3 is 2.67 bits per heavy atom. The lowest BCUT2D eigenvalue weighted by Crippen LogP contribution is -1.98. The molecule has 3 N–H and O–H groups in total. The van der Waals surface area contributed by atoms with Crippen LogP contribution in [0.25, 0.3) is 22.2 Å². The molecule has 164 valence electrons. The Kier molecular flexibility index (Phi) is 6.30. The molecule has 0 unspecified atom stereocenters. The van der Waals surface area contributed by atoms with Gasteiger partial charge in [-0.3, -0.25) is 0 Å². The normalized spacial score (nSPS) is 11.0. The first-order chi connectivity index (χ1) is 16.2. The third kappa shape index (κ3) is 5.03. The molecule has 0 saturated heterocycles. The number of halogens is 1. The number of nitrogens with one attached hydrogen (secondary N) is 1. The summed E-state index contributed by atoms with van der Waals surface area (Å²) in [5.74, 6) is 1.54. The van der Waals surface area contributed by atoms with E-state index >= 15 is 0 Å². The van der Waals surface area contributed by atoms with Crippen molar-refractivity contribution in [2.75, 3.05) is 5.32 Å². The van der Waals surface area contributed by atoms with Gasteiger partial charge in [0.15, 0.2) is 0 Å². The van der Waals surface area contributed by atoms with Crippen LogP contribution in [0.1, 0.15) is 10.6 Å². The van der Waals surface area contributed by atoms with Crippen LogP contribution < -0.4 is 15.8 Å². The Labute approximate surface area is 203 Å². The third-order valence-corrected chi connectivity index (χ3v) is 6.43. The van der Waals surface area contributed by atoms with E-state index < -0.39 is 0 Å². The van der Waals surface area contributed by atoms with Crippen molar-refractivity contribution >= 4 is 49.7 Å². The molecule has 2 aromatic heterocycles. The number of anilines is 2. The predicted molar refractivity (Wildman–Crippen MR) is 137 cm³/mol. The van der Waals surface area contributed by atoms with Crippen LogP contribution in [0.4, 0.5) is 11.5 Å². The SMILES string of the molecule is NCc1nc(-c2ccc3ncnc(Nc4ccc(OCc5cccc(Br)c5)cc4)c3c2)cs1. The van der Waals surface area contributed by atoms with Crippen LogP contribution in [-0.4, -0.2) is 15.0 Å². The molecule has 0 amide bonds. The molecule has 3 aromatic carbocycles. The average Bonchev–Trinajstić information content (AvgIpc) is 3.33. The molecule has 0 spiro atoms. The van der Waals surface area contributed by atoms with Gasteiger partial charge in [-0.15, -0.1) is 11.3 Å². The minimum absolute atomic E-state index is 0.441. The van der Waals surface area contributed by atoms with Gasteiger partial charge in [-0.05, 0) is 54.1 Å². The van der Waals surface area contributed by atoms with Gasteiger partial charge in [-0.2, -0.15) is 0 Å². The van der Waals surface area contributed by atoms with E-state index in [0.717, 1.165) is 54.5 Å². The Bertz CT molecular complexity index is 1400. The van der Waals surface area contributed by atoms with Crippen LogP contribution in [0.15, 0.2) is 82.9 Å². The van der Waals surface area contributed by atoms with E-state index in [1.165, 1.54) is 0 Å². The summed E-state index contributed by atoms with van der Waals surface area (Å²) in [5, 5.41) is 7.26. The highest BCUT2D eigenvalue weighted by Gasteiger charge is 2.09. The van der Waals surface area contributed by atoms with Crippen molar-refractivity contribution in [2.45, 2.75) is 13.2 Å². The van der Waals surface area contributed by atoms with Gasteiger partial charge in [0, 0.05) is 33.0 Å². The predicted octanol–water partition coefficient (Wildman–Crippen LogP) is 6.30. The van der Waals surface area contributed by atoms with Gasteiger partial charge in [-0.1, -0.05) is 34.1 Å². The van der Waals surface area contributed by atoms with Crippen molar-refractivity contribution < 1.29 is 4.74 Å². The Morgan fingerprint density at radius 1 is 1.00 bits per heavy atom. The molecular weight excluding hydrogens is 498 g/mol. The molecule has 0 aliphatic rings. The van der Waals surface area contributed by atoms with Gasteiger partial charge in [0.05, 0.1) is 11.2 Å². The average molecular weight is 518 g/mol. The standard InChI is InChI=1S/C25H20BrN5OS/c26-18-3-1-2-16(10-18)13-32-20-7-5-19(6-8-20)30-25-21-11-17(4-9-22(21)28-15-29-25)23-14-33-24(12-27)31-23/h1-11,14-15H,12-13,27H2,(H,28,29,30). The molecule has 5 rings (SSSR count). The lowest BCUT2D eigenvalue weighted by Gasteiger charge is -2.11. The van der Waals surface area contributed by atoms with Crippen molar-refractivity contribution in [2.24, 2.45) is 5.73 Å². The van der Waals surface area contributed by atoms with Crippen molar-refractivity contribution in [3.63, 3.8) is 0 Å². The van der Waals surface area contributed by atoms with Gasteiger partial charge >= 0.3 is 0 Å². The van der Waals surface area contributed by atoms with E-state index in [4.69, 9.17) is 10.5 Å². The minimum atomic E-state index is 0.441. The maximum atomic E-state index is 5.91. The van der Waals surface area contributed by atoms with E-state index in [2.05, 4.69) is 42.3 Å².